The fourth-order valence-electron chi connectivity index (χ4n) is 1.63. The molecule has 1 aromatic carbocycles. The molecule has 0 aliphatic carbocycles. The Morgan fingerprint density at radius 2 is 2.18 bits per heavy atom. The molecule has 1 N–H and O–H groups in total. The fraction of sp³-hybridized carbons (Fsp3) is 0.308. The number of halogens is 1. The van der Waals surface area contributed by atoms with Crippen molar-refractivity contribution in [2.45, 2.75) is 12.8 Å². The molecule has 90 valence electrons. The molecule has 0 unspecified atom stereocenters. The molecule has 4 heteroatoms. The van der Waals surface area contributed by atoms with Crippen LogP contribution in [0.4, 0.5) is 0 Å². The Kier molecular flexibility index (Phi) is 4.18. The van der Waals surface area contributed by atoms with Gasteiger partial charge in [0.05, 0.1) is 11.2 Å². The van der Waals surface area contributed by atoms with Crippen molar-refractivity contribution in [3.8, 4) is 11.3 Å². The lowest BCUT2D eigenvalue weighted by Crippen LogP contribution is -2.08. The van der Waals surface area contributed by atoms with Crippen molar-refractivity contribution in [2.24, 2.45) is 0 Å². The summed E-state index contributed by atoms with van der Waals surface area (Å²) >= 11 is 6.10. The van der Waals surface area contributed by atoms with Crippen LogP contribution in [0.25, 0.3) is 11.3 Å². The van der Waals surface area contributed by atoms with Crippen LogP contribution >= 0.6 is 11.6 Å². The molecular formula is C13H15ClN2O. The molecule has 0 fully saturated rings. The van der Waals surface area contributed by atoms with Crippen LogP contribution in [-0.2, 0) is 6.42 Å². The molecule has 0 bridgehead atoms. The molecule has 0 radical (unpaired) electrons. The maximum Gasteiger partial charge on any atom is 0.194 e. The minimum atomic E-state index is 0.686. The molecule has 0 aliphatic heterocycles. The van der Waals surface area contributed by atoms with Gasteiger partial charge in [0.1, 0.15) is 0 Å². The summed E-state index contributed by atoms with van der Waals surface area (Å²) in [5, 5.41) is 3.78. The van der Waals surface area contributed by atoms with Gasteiger partial charge in [-0.3, -0.25) is 0 Å². The van der Waals surface area contributed by atoms with Gasteiger partial charge in [-0.15, -0.1) is 0 Å². The maximum absolute atomic E-state index is 6.10. The third-order valence-corrected chi connectivity index (χ3v) is 2.84. The largest absolute Gasteiger partial charge is 0.441 e. The molecule has 3 nitrogen and oxygen atoms in total. The summed E-state index contributed by atoms with van der Waals surface area (Å²) in [7, 11) is 1.94. The minimum Gasteiger partial charge on any atom is -0.441 e. The van der Waals surface area contributed by atoms with Crippen molar-refractivity contribution in [1.82, 2.24) is 10.3 Å². The summed E-state index contributed by atoms with van der Waals surface area (Å²) in [5.74, 6) is 1.49. The second kappa shape index (κ2) is 5.84. The molecule has 2 aromatic rings. The lowest BCUT2D eigenvalue weighted by atomic mass is 10.2. The average Bonchev–Trinajstić information content (AvgIpc) is 2.79. The van der Waals surface area contributed by atoms with Gasteiger partial charge in [0.15, 0.2) is 11.7 Å². The quantitative estimate of drug-likeness (QED) is 0.829. The number of oxazole rings is 1. The van der Waals surface area contributed by atoms with Gasteiger partial charge < -0.3 is 9.73 Å². The van der Waals surface area contributed by atoms with E-state index in [4.69, 9.17) is 16.0 Å². The highest BCUT2D eigenvalue weighted by atomic mass is 35.5. The SMILES string of the molecule is CNCCCc1ncc(-c2ccccc2Cl)o1. The molecule has 17 heavy (non-hydrogen) atoms. The Balaban J connectivity index is 2.10. The lowest BCUT2D eigenvalue weighted by Gasteiger charge is -1.99. The molecule has 0 atom stereocenters. The molecule has 0 saturated heterocycles. The van der Waals surface area contributed by atoms with E-state index in [1.807, 2.05) is 31.3 Å². The molecule has 0 amide bonds. The number of hydrogen-bond acceptors (Lipinski definition) is 3. The zero-order chi connectivity index (χ0) is 12.1. The number of aryl methyl sites for hydroxylation is 1. The third kappa shape index (κ3) is 3.08. The van der Waals surface area contributed by atoms with Crippen LogP contribution in [0.15, 0.2) is 34.9 Å². The molecule has 1 heterocycles. The molecule has 0 aliphatic rings. The molecule has 2 rings (SSSR count). The van der Waals surface area contributed by atoms with E-state index in [-0.39, 0.29) is 0 Å². The highest BCUT2D eigenvalue weighted by molar-refractivity contribution is 6.33. The van der Waals surface area contributed by atoms with Crippen LogP contribution in [-0.4, -0.2) is 18.6 Å². The van der Waals surface area contributed by atoms with Crippen molar-refractivity contribution < 1.29 is 4.42 Å². The number of nitrogens with one attached hydrogen (secondary N) is 1. The van der Waals surface area contributed by atoms with E-state index in [0.29, 0.717) is 5.02 Å². The van der Waals surface area contributed by atoms with Gasteiger partial charge in [-0.1, -0.05) is 23.7 Å². The zero-order valence-corrected chi connectivity index (χ0v) is 10.5. The van der Waals surface area contributed by atoms with Crippen LogP contribution in [0.1, 0.15) is 12.3 Å². The number of aromatic nitrogens is 1. The van der Waals surface area contributed by atoms with Crippen LogP contribution in [0.2, 0.25) is 5.02 Å². The molecule has 0 saturated carbocycles. The summed E-state index contributed by atoms with van der Waals surface area (Å²) in [6.07, 6.45) is 3.58. The predicted octanol–water partition coefficient (Wildman–Crippen LogP) is 3.15. The van der Waals surface area contributed by atoms with Gasteiger partial charge in [-0.25, -0.2) is 4.98 Å². The number of benzene rings is 1. The summed E-state index contributed by atoms with van der Waals surface area (Å²) in [6, 6.07) is 7.61. The van der Waals surface area contributed by atoms with Crippen LogP contribution in [0, 0.1) is 0 Å². The van der Waals surface area contributed by atoms with Crippen molar-refractivity contribution in [3.05, 3.63) is 41.4 Å². The second-order valence-corrected chi connectivity index (χ2v) is 4.21. The van der Waals surface area contributed by atoms with E-state index in [2.05, 4.69) is 10.3 Å². The van der Waals surface area contributed by atoms with Crippen molar-refractivity contribution in [1.29, 1.82) is 0 Å². The monoisotopic (exact) mass is 250 g/mol. The van der Waals surface area contributed by atoms with Gasteiger partial charge in [0, 0.05) is 12.0 Å². The van der Waals surface area contributed by atoms with E-state index >= 15 is 0 Å². The smallest absolute Gasteiger partial charge is 0.194 e. The highest BCUT2D eigenvalue weighted by Crippen LogP contribution is 2.28. The highest BCUT2D eigenvalue weighted by Gasteiger charge is 2.08. The molecule has 0 spiro atoms. The lowest BCUT2D eigenvalue weighted by molar-refractivity contribution is 0.495. The summed E-state index contributed by atoms with van der Waals surface area (Å²) in [5.41, 5.74) is 0.890. The normalized spacial score (nSPS) is 10.7. The fourth-order valence-corrected chi connectivity index (χ4v) is 1.86. The van der Waals surface area contributed by atoms with E-state index in [9.17, 15) is 0 Å². The Morgan fingerprint density at radius 1 is 1.35 bits per heavy atom. The van der Waals surface area contributed by atoms with Gasteiger partial charge in [0.2, 0.25) is 0 Å². The van der Waals surface area contributed by atoms with Crippen LogP contribution in [0.5, 0.6) is 0 Å². The van der Waals surface area contributed by atoms with Crippen LogP contribution < -0.4 is 5.32 Å². The van der Waals surface area contributed by atoms with E-state index in [0.717, 1.165) is 36.6 Å². The van der Waals surface area contributed by atoms with Gasteiger partial charge in [-0.05, 0) is 32.1 Å². The number of hydrogen-bond donors (Lipinski definition) is 1. The zero-order valence-electron chi connectivity index (χ0n) is 9.74. The number of rotatable bonds is 5. The first-order chi connectivity index (χ1) is 8.31. The van der Waals surface area contributed by atoms with E-state index < -0.39 is 0 Å². The summed E-state index contributed by atoms with van der Waals surface area (Å²) in [4.78, 5) is 4.25. The minimum absolute atomic E-state index is 0.686. The second-order valence-electron chi connectivity index (χ2n) is 3.81. The maximum atomic E-state index is 6.10. The molecule has 1 aromatic heterocycles. The van der Waals surface area contributed by atoms with Crippen molar-refractivity contribution in [2.75, 3.05) is 13.6 Å². The van der Waals surface area contributed by atoms with Crippen LogP contribution in [0.3, 0.4) is 0 Å². The third-order valence-electron chi connectivity index (χ3n) is 2.51. The molecular weight excluding hydrogens is 236 g/mol. The van der Waals surface area contributed by atoms with E-state index in [1.165, 1.54) is 0 Å². The predicted molar refractivity (Wildman–Crippen MR) is 69.2 cm³/mol. The summed E-state index contributed by atoms with van der Waals surface area (Å²) in [6.45, 7) is 0.962. The van der Waals surface area contributed by atoms with Gasteiger partial charge in [-0.2, -0.15) is 0 Å². The Bertz CT molecular complexity index is 482. The van der Waals surface area contributed by atoms with Crippen molar-refractivity contribution >= 4 is 11.6 Å². The first-order valence-corrected chi connectivity index (χ1v) is 6.03. The Hall–Kier alpha value is -1.32. The Labute approximate surface area is 106 Å². The van der Waals surface area contributed by atoms with Crippen molar-refractivity contribution in [3.63, 3.8) is 0 Å². The standard InChI is InChI=1S/C13H15ClN2O/c1-15-8-4-7-13-16-9-12(17-13)10-5-2-3-6-11(10)14/h2-3,5-6,9,15H,4,7-8H2,1H3. The van der Waals surface area contributed by atoms with Gasteiger partial charge >= 0.3 is 0 Å². The first kappa shape index (κ1) is 12.1. The first-order valence-electron chi connectivity index (χ1n) is 5.65. The average molecular weight is 251 g/mol. The summed E-state index contributed by atoms with van der Waals surface area (Å²) < 4.78 is 5.67. The topological polar surface area (TPSA) is 38.1 Å². The number of nitrogens with zero attached hydrogens (tertiary/aromatic N) is 1. The Morgan fingerprint density at radius 3 is 2.94 bits per heavy atom. The van der Waals surface area contributed by atoms with E-state index in [1.54, 1.807) is 6.20 Å². The van der Waals surface area contributed by atoms with Gasteiger partial charge in [0.25, 0.3) is 0 Å².